The van der Waals surface area contributed by atoms with E-state index in [0.29, 0.717) is 19.6 Å². The number of morpholine rings is 1. The molecule has 0 aliphatic carbocycles. The topological polar surface area (TPSA) is 41.6 Å². The Morgan fingerprint density at radius 2 is 1.53 bits per heavy atom. The van der Waals surface area contributed by atoms with E-state index in [9.17, 15) is 4.79 Å². The maximum Gasteiger partial charge on any atom is 0.224 e. The second-order valence-electron chi connectivity index (χ2n) is 7.76. The largest absolute Gasteiger partial charge is 0.374 e. The van der Waals surface area contributed by atoms with E-state index in [4.69, 9.17) is 4.74 Å². The quantitative estimate of drug-likeness (QED) is 0.654. The van der Waals surface area contributed by atoms with Crippen molar-refractivity contribution in [2.45, 2.75) is 19.1 Å². The SMILES string of the molecule is O=C(Cc1ccc(-c2ccccc2)cc1)NCC1CN(Cc2ccccc2)CCO1. The van der Waals surface area contributed by atoms with Crippen LogP contribution in [0, 0.1) is 0 Å². The maximum absolute atomic E-state index is 12.4. The maximum atomic E-state index is 12.4. The molecule has 3 aromatic rings. The van der Waals surface area contributed by atoms with E-state index in [-0.39, 0.29) is 12.0 Å². The normalized spacial score (nSPS) is 16.9. The molecule has 0 aromatic heterocycles. The Morgan fingerprint density at radius 3 is 2.27 bits per heavy atom. The monoisotopic (exact) mass is 400 g/mol. The van der Waals surface area contributed by atoms with Gasteiger partial charge in [0.15, 0.2) is 0 Å². The van der Waals surface area contributed by atoms with Gasteiger partial charge in [-0.15, -0.1) is 0 Å². The molecule has 1 heterocycles. The Bertz CT molecular complexity index is 926. The third kappa shape index (κ3) is 5.78. The number of carbonyl (C=O) groups is 1. The lowest BCUT2D eigenvalue weighted by Crippen LogP contribution is -2.47. The summed E-state index contributed by atoms with van der Waals surface area (Å²) in [5.41, 5.74) is 4.67. The van der Waals surface area contributed by atoms with Gasteiger partial charge in [0.25, 0.3) is 0 Å². The summed E-state index contributed by atoms with van der Waals surface area (Å²) in [6, 6.07) is 28.9. The lowest BCUT2D eigenvalue weighted by atomic mass is 10.0. The van der Waals surface area contributed by atoms with Crippen LogP contribution < -0.4 is 5.32 Å². The van der Waals surface area contributed by atoms with Gasteiger partial charge in [-0.25, -0.2) is 0 Å². The fraction of sp³-hybridized carbons (Fsp3) is 0.269. The smallest absolute Gasteiger partial charge is 0.224 e. The Balaban J connectivity index is 1.23. The predicted molar refractivity (Wildman–Crippen MR) is 120 cm³/mol. The summed E-state index contributed by atoms with van der Waals surface area (Å²) < 4.78 is 5.85. The Hall–Kier alpha value is -2.95. The van der Waals surface area contributed by atoms with Gasteiger partial charge in [-0.2, -0.15) is 0 Å². The zero-order chi connectivity index (χ0) is 20.6. The minimum atomic E-state index is 0.0336. The average molecular weight is 401 g/mol. The number of rotatable bonds is 7. The number of hydrogen-bond donors (Lipinski definition) is 1. The number of nitrogens with one attached hydrogen (secondary N) is 1. The first-order chi connectivity index (χ1) is 14.8. The number of carbonyl (C=O) groups excluding carboxylic acids is 1. The molecule has 1 N–H and O–H groups in total. The third-order valence-electron chi connectivity index (χ3n) is 5.42. The van der Waals surface area contributed by atoms with Crippen LogP contribution in [0.15, 0.2) is 84.9 Å². The van der Waals surface area contributed by atoms with E-state index >= 15 is 0 Å². The molecule has 0 spiro atoms. The van der Waals surface area contributed by atoms with Crippen molar-refractivity contribution in [1.29, 1.82) is 0 Å². The van der Waals surface area contributed by atoms with Crippen molar-refractivity contribution in [3.8, 4) is 11.1 Å². The fourth-order valence-corrected chi connectivity index (χ4v) is 3.81. The number of amides is 1. The van der Waals surface area contributed by atoms with E-state index in [1.807, 2.05) is 36.4 Å². The van der Waals surface area contributed by atoms with E-state index in [2.05, 4.69) is 58.7 Å². The van der Waals surface area contributed by atoms with Crippen LogP contribution >= 0.6 is 0 Å². The lowest BCUT2D eigenvalue weighted by Gasteiger charge is -2.33. The zero-order valence-electron chi connectivity index (χ0n) is 17.2. The molecular weight excluding hydrogens is 372 g/mol. The van der Waals surface area contributed by atoms with Gasteiger partial charge in [0.05, 0.1) is 19.1 Å². The zero-order valence-corrected chi connectivity index (χ0v) is 17.2. The van der Waals surface area contributed by atoms with Gasteiger partial charge in [-0.1, -0.05) is 84.9 Å². The van der Waals surface area contributed by atoms with Crippen molar-refractivity contribution in [2.24, 2.45) is 0 Å². The molecule has 1 fully saturated rings. The standard InChI is InChI=1S/C26H28N2O2/c29-26(17-21-11-13-24(14-12-21)23-9-5-2-6-10-23)27-18-25-20-28(15-16-30-25)19-22-7-3-1-4-8-22/h1-14,25H,15-20H2,(H,27,29). The predicted octanol–water partition coefficient (Wildman–Crippen LogP) is 3.91. The number of nitrogens with zero attached hydrogens (tertiary/aromatic N) is 1. The first kappa shape index (κ1) is 20.3. The van der Waals surface area contributed by atoms with Crippen LogP contribution in [-0.4, -0.2) is 43.2 Å². The van der Waals surface area contributed by atoms with Gasteiger partial charge in [0, 0.05) is 26.2 Å². The van der Waals surface area contributed by atoms with Gasteiger partial charge in [-0.05, 0) is 22.3 Å². The first-order valence-corrected chi connectivity index (χ1v) is 10.6. The van der Waals surface area contributed by atoms with Crippen LogP contribution in [-0.2, 0) is 22.5 Å². The number of hydrogen-bond acceptors (Lipinski definition) is 3. The molecule has 1 atom stereocenters. The van der Waals surface area contributed by atoms with Gasteiger partial charge in [0.2, 0.25) is 5.91 Å². The van der Waals surface area contributed by atoms with E-state index in [1.54, 1.807) is 0 Å². The molecule has 1 saturated heterocycles. The minimum Gasteiger partial charge on any atom is -0.374 e. The Kier molecular flexibility index (Phi) is 6.91. The van der Waals surface area contributed by atoms with Crippen molar-refractivity contribution in [1.82, 2.24) is 10.2 Å². The highest BCUT2D eigenvalue weighted by Gasteiger charge is 2.21. The molecule has 1 aliphatic heterocycles. The summed E-state index contributed by atoms with van der Waals surface area (Å²) in [5, 5.41) is 3.04. The summed E-state index contributed by atoms with van der Waals surface area (Å²) in [7, 11) is 0. The molecule has 1 unspecified atom stereocenters. The van der Waals surface area contributed by atoms with Gasteiger partial charge in [-0.3, -0.25) is 9.69 Å². The lowest BCUT2D eigenvalue weighted by molar-refractivity contribution is -0.121. The van der Waals surface area contributed by atoms with E-state index < -0.39 is 0 Å². The molecule has 0 bridgehead atoms. The van der Waals surface area contributed by atoms with Crippen LogP contribution in [0.1, 0.15) is 11.1 Å². The highest BCUT2D eigenvalue weighted by molar-refractivity contribution is 5.78. The van der Waals surface area contributed by atoms with Crippen molar-refractivity contribution < 1.29 is 9.53 Å². The highest BCUT2D eigenvalue weighted by atomic mass is 16.5. The molecule has 1 aliphatic rings. The van der Waals surface area contributed by atoms with Crippen molar-refractivity contribution in [3.05, 3.63) is 96.1 Å². The summed E-state index contributed by atoms with van der Waals surface area (Å²) in [5.74, 6) is 0.0336. The second-order valence-corrected chi connectivity index (χ2v) is 7.76. The molecule has 1 amide bonds. The first-order valence-electron chi connectivity index (χ1n) is 10.6. The molecule has 3 aromatic carbocycles. The van der Waals surface area contributed by atoms with Crippen LogP contribution in [0.5, 0.6) is 0 Å². The second kappa shape index (κ2) is 10.2. The molecule has 4 heteroatoms. The van der Waals surface area contributed by atoms with Crippen LogP contribution in [0.3, 0.4) is 0 Å². The fourth-order valence-electron chi connectivity index (χ4n) is 3.81. The van der Waals surface area contributed by atoms with Gasteiger partial charge < -0.3 is 10.1 Å². The van der Waals surface area contributed by atoms with Crippen molar-refractivity contribution in [3.63, 3.8) is 0 Å². The molecule has 0 radical (unpaired) electrons. The summed E-state index contributed by atoms with van der Waals surface area (Å²) in [6.07, 6.45) is 0.419. The summed E-state index contributed by atoms with van der Waals surface area (Å²) >= 11 is 0. The average Bonchev–Trinajstić information content (AvgIpc) is 2.80. The van der Waals surface area contributed by atoms with Crippen LogP contribution in [0.25, 0.3) is 11.1 Å². The van der Waals surface area contributed by atoms with E-state index in [1.165, 1.54) is 11.1 Å². The molecule has 30 heavy (non-hydrogen) atoms. The molecular formula is C26H28N2O2. The van der Waals surface area contributed by atoms with Crippen molar-refractivity contribution >= 4 is 5.91 Å². The Labute approximate surface area is 178 Å². The number of ether oxygens (including phenoxy) is 1. The Morgan fingerprint density at radius 1 is 0.867 bits per heavy atom. The van der Waals surface area contributed by atoms with Crippen LogP contribution in [0.4, 0.5) is 0 Å². The molecule has 154 valence electrons. The molecule has 4 rings (SSSR count). The highest BCUT2D eigenvalue weighted by Crippen LogP contribution is 2.19. The van der Waals surface area contributed by atoms with Crippen molar-refractivity contribution in [2.75, 3.05) is 26.2 Å². The van der Waals surface area contributed by atoms with Gasteiger partial charge >= 0.3 is 0 Å². The molecule has 0 saturated carbocycles. The third-order valence-corrected chi connectivity index (χ3v) is 5.42. The van der Waals surface area contributed by atoms with Gasteiger partial charge in [0.1, 0.15) is 0 Å². The number of benzene rings is 3. The van der Waals surface area contributed by atoms with E-state index in [0.717, 1.165) is 30.8 Å². The van der Waals surface area contributed by atoms with Crippen LogP contribution in [0.2, 0.25) is 0 Å². The molecule has 4 nitrogen and oxygen atoms in total. The minimum absolute atomic E-state index is 0.0336. The summed E-state index contributed by atoms with van der Waals surface area (Å²) in [6.45, 7) is 3.93. The summed E-state index contributed by atoms with van der Waals surface area (Å²) in [4.78, 5) is 14.8.